The lowest BCUT2D eigenvalue weighted by Gasteiger charge is -2.01. The van der Waals surface area contributed by atoms with Crippen LogP contribution in [0.25, 0.3) is 6.08 Å². The third kappa shape index (κ3) is 5.14. The van der Waals surface area contributed by atoms with E-state index in [2.05, 4.69) is 4.98 Å². The molecule has 1 aromatic rings. The van der Waals surface area contributed by atoms with E-state index in [0.717, 1.165) is 5.56 Å². The van der Waals surface area contributed by atoms with E-state index in [0.29, 0.717) is 17.9 Å². The first-order chi connectivity index (χ1) is 8.63. The predicted molar refractivity (Wildman–Crippen MR) is 72.4 cm³/mol. The molecular formula is C13H15NO3S. The van der Waals surface area contributed by atoms with Crippen molar-refractivity contribution >= 4 is 28.9 Å². The second-order valence-electron chi connectivity index (χ2n) is 3.43. The minimum absolute atomic E-state index is 0.0815. The Morgan fingerprint density at radius 1 is 1.44 bits per heavy atom. The van der Waals surface area contributed by atoms with E-state index in [1.54, 1.807) is 19.2 Å². The number of thioether (sulfide) groups is 1. The molecule has 0 radical (unpaired) electrons. The molecule has 0 N–H and O–H groups in total. The Bertz CT molecular complexity index is 457. The van der Waals surface area contributed by atoms with Gasteiger partial charge in [-0.15, -0.1) is 0 Å². The molecule has 0 atom stereocenters. The lowest BCUT2D eigenvalue weighted by molar-refractivity contribution is -0.109. The molecule has 0 saturated carbocycles. The van der Waals surface area contributed by atoms with Crippen LogP contribution in [0.2, 0.25) is 0 Å². The highest BCUT2D eigenvalue weighted by Gasteiger charge is 2.06. The summed E-state index contributed by atoms with van der Waals surface area (Å²) in [5.41, 5.74) is 1.24. The van der Waals surface area contributed by atoms with Gasteiger partial charge in [0.2, 0.25) is 0 Å². The highest BCUT2D eigenvalue weighted by Crippen LogP contribution is 2.08. The van der Waals surface area contributed by atoms with Crippen molar-refractivity contribution in [2.75, 3.05) is 12.4 Å². The van der Waals surface area contributed by atoms with Crippen molar-refractivity contribution < 1.29 is 14.3 Å². The van der Waals surface area contributed by atoms with Gasteiger partial charge in [-0.25, -0.2) is 4.79 Å². The van der Waals surface area contributed by atoms with Crippen LogP contribution in [0, 0.1) is 0 Å². The van der Waals surface area contributed by atoms with Crippen molar-refractivity contribution in [3.8, 4) is 0 Å². The van der Waals surface area contributed by atoms with Gasteiger partial charge >= 0.3 is 5.97 Å². The molecule has 0 unspecified atom stereocenters. The van der Waals surface area contributed by atoms with Gasteiger partial charge in [-0.05, 0) is 18.6 Å². The number of aromatic nitrogens is 1. The number of hydrogen-bond donors (Lipinski definition) is 0. The van der Waals surface area contributed by atoms with Gasteiger partial charge in [0.05, 0.1) is 12.2 Å². The Balaban J connectivity index is 2.64. The fourth-order valence-corrected chi connectivity index (χ4v) is 1.65. The monoisotopic (exact) mass is 265 g/mol. The molecule has 0 fully saturated rings. The van der Waals surface area contributed by atoms with Gasteiger partial charge in [-0.3, -0.25) is 9.78 Å². The molecule has 0 aliphatic carbocycles. The highest BCUT2D eigenvalue weighted by atomic mass is 32.2. The first-order valence-corrected chi connectivity index (χ1v) is 6.54. The predicted octanol–water partition coefficient (Wildman–Crippen LogP) is 2.55. The molecule has 1 rings (SSSR count). The fourth-order valence-electron chi connectivity index (χ4n) is 1.22. The van der Waals surface area contributed by atoms with Crippen molar-refractivity contribution in [2.45, 2.75) is 13.8 Å². The summed E-state index contributed by atoms with van der Waals surface area (Å²) in [4.78, 5) is 26.2. The smallest absolute Gasteiger partial charge is 0.339 e. The Morgan fingerprint density at radius 3 is 2.89 bits per heavy atom. The summed E-state index contributed by atoms with van der Waals surface area (Å²) in [7, 11) is 0. The molecule has 0 saturated heterocycles. The standard InChI is InChI=1S/C13H15NO3S/c1-3-17-13(16)12-7-11(8-14-9-12)5-4-6-18-10(2)15/h4-5,7-9H,3,6H2,1-2H3. The molecular weight excluding hydrogens is 250 g/mol. The van der Waals surface area contributed by atoms with Gasteiger partial charge in [0.15, 0.2) is 5.12 Å². The molecule has 0 aliphatic heterocycles. The molecule has 0 aliphatic rings. The van der Waals surface area contributed by atoms with Crippen LogP contribution in [0.15, 0.2) is 24.5 Å². The molecule has 1 aromatic heterocycles. The van der Waals surface area contributed by atoms with E-state index in [-0.39, 0.29) is 11.1 Å². The summed E-state index contributed by atoms with van der Waals surface area (Å²) in [5.74, 6) is 0.234. The van der Waals surface area contributed by atoms with E-state index in [1.165, 1.54) is 24.9 Å². The maximum atomic E-state index is 11.5. The number of carbonyl (C=O) groups is 2. The van der Waals surface area contributed by atoms with E-state index < -0.39 is 0 Å². The zero-order valence-corrected chi connectivity index (χ0v) is 11.2. The summed E-state index contributed by atoms with van der Waals surface area (Å²) < 4.78 is 4.89. The van der Waals surface area contributed by atoms with Crippen molar-refractivity contribution in [1.82, 2.24) is 4.98 Å². The average Bonchev–Trinajstić information content (AvgIpc) is 2.35. The average molecular weight is 265 g/mol. The Labute approximate surface area is 110 Å². The molecule has 0 amide bonds. The SMILES string of the molecule is CCOC(=O)c1cncc(C=CCSC(C)=O)c1. The minimum atomic E-state index is -0.377. The molecule has 1 heterocycles. The maximum absolute atomic E-state index is 11.5. The summed E-state index contributed by atoms with van der Waals surface area (Å²) >= 11 is 1.23. The molecule has 0 bridgehead atoms. The Kier molecular flexibility index (Phi) is 6.14. The van der Waals surface area contributed by atoms with Crippen molar-refractivity contribution in [1.29, 1.82) is 0 Å². The minimum Gasteiger partial charge on any atom is -0.462 e. The molecule has 5 heteroatoms. The molecule has 96 valence electrons. The highest BCUT2D eigenvalue weighted by molar-refractivity contribution is 8.13. The van der Waals surface area contributed by atoms with E-state index >= 15 is 0 Å². The topological polar surface area (TPSA) is 56.3 Å². The van der Waals surface area contributed by atoms with Gasteiger partial charge in [0.25, 0.3) is 0 Å². The summed E-state index contributed by atoms with van der Waals surface area (Å²) in [5, 5.41) is 0.0815. The third-order valence-corrected chi connectivity index (χ3v) is 2.73. The second-order valence-corrected chi connectivity index (χ2v) is 4.63. The lowest BCUT2D eigenvalue weighted by atomic mass is 10.2. The zero-order chi connectivity index (χ0) is 13.4. The fraction of sp³-hybridized carbons (Fsp3) is 0.308. The largest absolute Gasteiger partial charge is 0.462 e. The molecule has 18 heavy (non-hydrogen) atoms. The van der Waals surface area contributed by atoms with Crippen LogP contribution in [-0.4, -0.2) is 28.4 Å². The third-order valence-electron chi connectivity index (χ3n) is 1.96. The lowest BCUT2D eigenvalue weighted by Crippen LogP contribution is -2.05. The van der Waals surface area contributed by atoms with E-state index in [4.69, 9.17) is 4.74 Å². The van der Waals surface area contributed by atoms with E-state index in [9.17, 15) is 9.59 Å². The van der Waals surface area contributed by atoms with Gasteiger partial charge in [-0.2, -0.15) is 0 Å². The first kappa shape index (κ1) is 14.4. The summed E-state index contributed by atoms with van der Waals surface area (Å²) in [6, 6.07) is 1.71. The molecule has 4 nitrogen and oxygen atoms in total. The maximum Gasteiger partial charge on any atom is 0.339 e. The van der Waals surface area contributed by atoms with Crippen molar-refractivity contribution in [2.24, 2.45) is 0 Å². The van der Waals surface area contributed by atoms with Crippen LogP contribution in [0.5, 0.6) is 0 Å². The van der Waals surface area contributed by atoms with Gasteiger partial charge < -0.3 is 4.74 Å². The van der Waals surface area contributed by atoms with Gasteiger partial charge in [-0.1, -0.05) is 23.9 Å². The number of pyridine rings is 1. The first-order valence-electron chi connectivity index (χ1n) is 5.55. The van der Waals surface area contributed by atoms with Gasteiger partial charge in [0, 0.05) is 25.1 Å². The van der Waals surface area contributed by atoms with E-state index in [1.807, 2.05) is 12.2 Å². The van der Waals surface area contributed by atoms with Crippen LogP contribution in [0.1, 0.15) is 29.8 Å². The van der Waals surface area contributed by atoms with Gasteiger partial charge in [0.1, 0.15) is 0 Å². The quantitative estimate of drug-likeness (QED) is 0.766. The van der Waals surface area contributed by atoms with Crippen molar-refractivity contribution in [3.05, 3.63) is 35.7 Å². The molecule has 0 aromatic carbocycles. The van der Waals surface area contributed by atoms with Crippen LogP contribution < -0.4 is 0 Å². The Morgan fingerprint density at radius 2 is 2.22 bits per heavy atom. The normalized spacial score (nSPS) is 10.6. The summed E-state index contributed by atoms with van der Waals surface area (Å²) in [6.07, 6.45) is 6.81. The number of hydrogen-bond acceptors (Lipinski definition) is 5. The second kappa shape index (κ2) is 7.66. The number of ether oxygens (including phenoxy) is 1. The number of rotatable bonds is 5. The van der Waals surface area contributed by atoms with Crippen LogP contribution in [0.4, 0.5) is 0 Å². The number of esters is 1. The van der Waals surface area contributed by atoms with Crippen LogP contribution in [-0.2, 0) is 9.53 Å². The van der Waals surface area contributed by atoms with Crippen LogP contribution >= 0.6 is 11.8 Å². The Hall–Kier alpha value is -1.62. The zero-order valence-electron chi connectivity index (χ0n) is 10.4. The van der Waals surface area contributed by atoms with Crippen LogP contribution in [0.3, 0.4) is 0 Å². The number of nitrogens with zero attached hydrogens (tertiary/aromatic N) is 1. The summed E-state index contributed by atoms with van der Waals surface area (Å²) in [6.45, 7) is 3.63. The van der Waals surface area contributed by atoms with Crippen molar-refractivity contribution in [3.63, 3.8) is 0 Å². The number of carbonyl (C=O) groups excluding carboxylic acids is 2. The molecule has 0 spiro atoms.